The number of fused-ring (bicyclic) bond motifs is 1. The van der Waals surface area contributed by atoms with E-state index in [0.717, 1.165) is 23.0 Å². The third kappa shape index (κ3) is 2.41. The van der Waals surface area contributed by atoms with Crippen molar-refractivity contribution in [1.82, 2.24) is 9.78 Å². The van der Waals surface area contributed by atoms with Crippen LogP contribution in [0.4, 0.5) is 0 Å². The zero-order chi connectivity index (χ0) is 13.2. The highest BCUT2D eigenvalue weighted by molar-refractivity contribution is 7.07. The van der Waals surface area contributed by atoms with E-state index >= 15 is 0 Å². The zero-order valence-corrected chi connectivity index (χ0v) is 11.6. The summed E-state index contributed by atoms with van der Waals surface area (Å²) < 4.78 is 1.83. The molecule has 0 bridgehead atoms. The van der Waals surface area contributed by atoms with Gasteiger partial charge in [-0.2, -0.15) is 16.4 Å². The molecule has 0 aliphatic rings. The SMILES string of the molecule is Cn1nc(C(O)CCc2ccsc2)c2ccccc21. The molecule has 3 rings (SSSR count). The third-order valence-electron chi connectivity index (χ3n) is 3.39. The highest BCUT2D eigenvalue weighted by Crippen LogP contribution is 2.26. The van der Waals surface area contributed by atoms with Gasteiger partial charge in [0.1, 0.15) is 0 Å². The van der Waals surface area contributed by atoms with Gasteiger partial charge < -0.3 is 5.11 Å². The number of hydrogen-bond acceptors (Lipinski definition) is 3. The molecule has 0 spiro atoms. The maximum absolute atomic E-state index is 10.4. The van der Waals surface area contributed by atoms with Gasteiger partial charge in [0.05, 0.1) is 17.3 Å². The lowest BCUT2D eigenvalue weighted by Crippen LogP contribution is -2.01. The zero-order valence-electron chi connectivity index (χ0n) is 10.8. The molecule has 0 saturated heterocycles. The Morgan fingerprint density at radius 1 is 1.32 bits per heavy atom. The topological polar surface area (TPSA) is 38.0 Å². The summed E-state index contributed by atoms with van der Waals surface area (Å²) in [7, 11) is 1.91. The van der Waals surface area contributed by atoms with Crippen molar-refractivity contribution in [1.29, 1.82) is 0 Å². The second kappa shape index (κ2) is 5.15. The molecule has 19 heavy (non-hydrogen) atoms. The van der Waals surface area contributed by atoms with E-state index in [0.29, 0.717) is 6.42 Å². The highest BCUT2D eigenvalue weighted by Gasteiger charge is 2.16. The molecule has 1 aromatic carbocycles. The van der Waals surface area contributed by atoms with Crippen molar-refractivity contribution in [2.75, 3.05) is 0 Å². The molecule has 0 fully saturated rings. The first-order chi connectivity index (χ1) is 9.25. The number of aliphatic hydroxyl groups excluding tert-OH is 1. The van der Waals surface area contributed by atoms with Gasteiger partial charge in [0.15, 0.2) is 0 Å². The quantitative estimate of drug-likeness (QED) is 0.791. The molecular weight excluding hydrogens is 256 g/mol. The largest absolute Gasteiger partial charge is 0.387 e. The van der Waals surface area contributed by atoms with Gasteiger partial charge in [0.25, 0.3) is 0 Å². The molecule has 3 aromatic rings. The fourth-order valence-corrected chi connectivity index (χ4v) is 3.07. The van der Waals surface area contributed by atoms with Gasteiger partial charge in [-0.3, -0.25) is 4.68 Å². The first-order valence-electron chi connectivity index (χ1n) is 6.36. The van der Waals surface area contributed by atoms with E-state index in [9.17, 15) is 5.11 Å². The van der Waals surface area contributed by atoms with Crippen LogP contribution in [0.2, 0.25) is 0 Å². The number of hydrogen-bond donors (Lipinski definition) is 1. The van der Waals surface area contributed by atoms with Crippen LogP contribution in [0.5, 0.6) is 0 Å². The Kier molecular flexibility index (Phi) is 3.36. The molecular formula is C15H16N2OS. The van der Waals surface area contributed by atoms with E-state index < -0.39 is 6.10 Å². The van der Waals surface area contributed by atoms with Crippen LogP contribution < -0.4 is 0 Å². The molecule has 4 heteroatoms. The maximum atomic E-state index is 10.4. The van der Waals surface area contributed by atoms with E-state index in [1.165, 1.54) is 5.56 Å². The monoisotopic (exact) mass is 272 g/mol. The number of para-hydroxylation sites is 1. The van der Waals surface area contributed by atoms with Gasteiger partial charge in [-0.25, -0.2) is 0 Å². The number of nitrogens with zero attached hydrogens (tertiary/aromatic N) is 2. The average Bonchev–Trinajstić information content (AvgIpc) is 3.05. The molecule has 1 unspecified atom stereocenters. The van der Waals surface area contributed by atoms with E-state index in [2.05, 4.69) is 21.9 Å². The predicted molar refractivity (Wildman–Crippen MR) is 78.3 cm³/mol. The average molecular weight is 272 g/mol. The third-order valence-corrected chi connectivity index (χ3v) is 4.12. The summed E-state index contributed by atoms with van der Waals surface area (Å²) in [4.78, 5) is 0. The van der Waals surface area contributed by atoms with Gasteiger partial charge >= 0.3 is 0 Å². The van der Waals surface area contributed by atoms with Gasteiger partial charge in [-0.15, -0.1) is 0 Å². The molecule has 2 aromatic heterocycles. The van der Waals surface area contributed by atoms with Crippen LogP contribution in [-0.2, 0) is 13.5 Å². The smallest absolute Gasteiger partial charge is 0.0988 e. The summed E-state index contributed by atoms with van der Waals surface area (Å²) in [5, 5.41) is 20.1. The second-order valence-corrected chi connectivity index (χ2v) is 5.49. The summed E-state index contributed by atoms with van der Waals surface area (Å²) in [6.07, 6.45) is 1.08. The summed E-state index contributed by atoms with van der Waals surface area (Å²) in [6.45, 7) is 0. The number of aryl methyl sites for hydroxylation is 2. The Balaban J connectivity index is 1.83. The van der Waals surface area contributed by atoms with Gasteiger partial charge in [0.2, 0.25) is 0 Å². The van der Waals surface area contributed by atoms with E-state index in [-0.39, 0.29) is 0 Å². The van der Waals surface area contributed by atoms with Crippen molar-refractivity contribution in [2.24, 2.45) is 7.05 Å². The Labute approximate surface area is 116 Å². The van der Waals surface area contributed by atoms with Crippen LogP contribution in [0.1, 0.15) is 23.8 Å². The number of aliphatic hydroxyl groups is 1. The van der Waals surface area contributed by atoms with Gasteiger partial charge in [-0.05, 0) is 41.3 Å². The molecule has 98 valence electrons. The molecule has 0 aliphatic carbocycles. The lowest BCUT2D eigenvalue weighted by molar-refractivity contribution is 0.163. The summed E-state index contributed by atoms with van der Waals surface area (Å²) in [5.41, 5.74) is 3.13. The van der Waals surface area contributed by atoms with Crippen molar-refractivity contribution in [3.05, 3.63) is 52.3 Å². The first kappa shape index (κ1) is 12.4. The summed E-state index contributed by atoms with van der Waals surface area (Å²) >= 11 is 1.69. The first-order valence-corrected chi connectivity index (χ1v) is 7.31. The molecule has 2 heterocycles. The number of benzene rings is 1. The van der Waals surface area contributed by atoms with E-state index in [1.54, 1.807) is 11.3 Å². The number of rotatable bonds is 4. The summed E-state index contributed by atoms with van der Waals surface area (Å²) in [6, 6.07) is 10.1. The van der Waals surface area contributed by atoms with Gasteiger partial charge in [-0.1, -0.05) is 18.2 Å². The van der Waals surface area contributed by atoms with E-state index in [4.69, 9.17) is 0 Å². The molecule has 0 aliphatic heterocycles. The van der Waals surface area contributed by atoms with Crippen molar-refractivity contribution in [2.45, 2.75) is 18.9 Å². The highest BCUT2D eigenvalue weighted by atomic mass is 32.1. The Morgan fingerprint density at radius 2 is 2.16 bits per heavy atom. The standard InChI is InChI=1S/C15H16N2OS/c1-17-13-5-3-2-4-12(13)15(16-17)14(18)7-6-11-8-9-19-10-11/h2-5,8-10,14,18H,6-7H2,1H3. The summed E-state index contributed by atoms with van der Waals surface area (Å²) in [5.74, 6) is 0. The van der Waals surface area contributed by atoms with Crippen LogP contribution >= 0.6 is 11.3 Å². The van der Waals surface area contributed by atoms with Crippen molar-refractivity contribution < 1.29 is 5.11 Å². The van der Waals surface area contributed by atoms with E-state index in [1.807, 2.05) is 36.0 Å². The lowest BCUT2D eigenvalue weighted by Gasteiger charge is -2.07. The molecule has 0 amide bonds. The maximum Gasteiger partial charge on any atom is 0.0988 e. The Bertz CT molecular complexity index is 673. The van der Waals surface area contributed by atoms with Crippen molar-refractivity contribution in [3.63, 3.8) is 0 Å². The molecule has 3 nitrogen and oxygen atoms in total. The molecule has 1 N–H and O–H groups in total. The fourth-order valence-electron chi connectivity index (χ4n) is 2.36. The predicted octanol–water partition coefficient (Wildman–Crippen LogP) is 3.30. The van der Waals surface area contributed by atoms with Crippen LogP contribution in [0.25, 0.3) is 10.9 Å². The second-order valence-electron chi connectivity index (χ2n) is 4.71. The van der Waals surface area contributed by atoms with Crippen LogP contribution in [0.3, 0.4) is 0 Å². The van der Waals surface area contributed by atoms with Crippen LogP contribution in [0, 0.1) is 0 Å². The molecule has 0 radical (unpaired) electrons. The van der Waals surface area contributed by atoms with Crippen LogP contribution in [-0.4, -0.2) is 14.9 Å². The molecule has 0 saturated carbocycles. The number of thiophene rings is 1. The normalized spacial score (nSPS) is 12.9. The van der Waals surface area contributed by atoms with Gasteiger partial charge in [0, 0.05) is 12.4 Å². The van der Waals surface area contributed by atoms with Crippen LogP contribution in [0.15, 0.2) is 41.1 Å². The minimum absolute atomic E-state index is 0.508. The van der Waals surface area contributed by atoms with Crippen molar-refractivity contribution in [3.8, 4) is 0 Å². The number of aromatic nitrogens is 2. The molecule has 1 atom stereocenters. The Hall–Kier alpha value is -1.65. The lowest BCUT2D eigenvalue weighted by atomic mass is 10.0. The van der Waals surface area contributed by atoms with Crippen molar-refractivity contribution >= 4 is 22.2 Å². The minimum Gasteiger partial charge on any atom is -0.387 e. The fraction of sp³-hybridized carbons (Fsp3) is 0.267. The Morgan fingerprint density at radius 3 is 2.95 bits per heavy atom. The minimum atomic E-state index is -0.508.